The van der Waals surface area contributed by atoms with Crippen molar-refractivity contribution in [2.75, 3.05) is 45.9 Å². The Morgan fingerprint density at radius 1 is 1.00 bits per heavy atom. The normalized spacial score (nSPS) is 29.5. The van der Waals surface area contributed by atoms with Gasteiger partial charge in [0.25, 0.3) is 0 Å². The summed E-state index contributed by atoms with van der Waals surface area (Å²) in [5, 5.41) is 12.4. The summed E-state index contributed by atoms with van der Waals surface area (Å²) in [4.78, 5) is 17.2. The van der Waals surface area contributed by atoms with E-state index in [4.69, 9.17) is 5.11 Å². The van der Waals surface area contributed by atoms with Gasteiger partial charge in [-0.15, -0.1) is 0 Å². The molecule has 1 amide bonds. The summed E-state index contributed by atoms with van der Waals surface area (Å²) >= 11 is 0. The lowest BCUT2D eigenvalue weighted by Gasteiger charge is -2.44. The molecule has 0 aromatic carbocycles. The number of fused-ring (bicyclic) bond motifs is 1. The number of piperidine rings is 2. The largest absolute Gasteiger partial charge is 0.395 e. The first-order valence-electron chi connectivity index (χ1n) is 10.1. The number of hydrogen-bond acceptors (Lipinski definition) is 4. The fraction of sp³-hybridized carbons (Fsp3) is 0.947. The minimum Gasteiger partial charge on any atom is -0.395 e. The van der Waals surface area contributed by atoms with Crippen LogP contribution in [-0.2, 0) is 4.79 Å². The van der Waals surface area contributed by atoms with Gasteiger partial charge in [0, 0.05) is 19.1 Å². The Balaban J connectivity index is 1.36. The van der Waals surface area contributed by atoms with Crippen LogP contribution in [0.25, 0.3) is 0 Å². The number of β-amino-alcohol motifs (C(OH)–C–C–N with tert-alkyl or cyclic N) is 1. The minimum absolute atomic E-state index is 0.259. The van der Waals surface area contributed by atoms with Crippen molar-refractivity contribution >= 4 is 5.91 Å². The SMILES string of the molecule is O=C(CNCC1CCN(CCO)CC1)N1CCC[C@@H]2CCCC[C@H]21. The minimum atomic E-state index is 0.259. The van der Waals surface area contributed by atoms with E-state index in [1.807, 2.05) is 0 Å². The number of rotatable bonds is 6. The molecule has 1 saturated carbocycles. The van der Waals surface area contributed by atoms with Crippen LogP contribution in [0.3, 0.4) is 0 Å². The average molecular weight is 338 g/mol. The Morgan fingerprint density at radius 3 is 2.54 bits per heavy atom. The summed E-state index contributed by atoms with van der Waals surface area (Å²) in [6.45, 7) is 5.67. The summed E-state index contributed by atoms with van der Waals surface area (Å²) in [5.41, 5.74) is 0. The van der Waals surface area contributed by atoms with Crippen LogP contribution in [-0.4, -0.2) is 72.7 Å². The van der Waals surface area contributed by atoms with E-state index in [9.17, 15) is 4.79 Å². The zero-order valence-electron chi connectivity index (χ0n) is 15.1. The molecule has 1 aliphatic carbocycles. The maximum atomic E-state index is 12.7. The van der Waals surface area contributed by atoms with Crippen molar-refractivity contribution in [2.45, 2.75) is 57.4 Å². The van der Waals surface area contributed by atoms with E-state index in [2.05, 4.69) is 15.1 Å². The molecule has 0 unspecified atom stereocenters. The fourth-order valence-corrected chi connectivity index (χ4v) is 4.97. The number of likely N-dealkylation sites (tertiary alicyclic amines) is 2. The Bertz CT molecular complexity index is 394. The molecule has 2 atom stereocenters. The highest BCUT2D eigenvalue weighted by Gasteiger charge is 2.35. The summed E-state index contributed by atoms with van der Waals surface area (Å²) in [6, 6.07) is 0.531. The van der Waals surface area contributed by atoms with Gasteiger partial charge >= 0.3 is 0 Å². The van der Waals surface area contributed by atoms with Crippen molar-refractivity contribution in [3.05, 3.63) is 0 Å². The first kappa shape index (κ1) is 18.2. The number of aliphatic hydroxyl groups excluding tert-OH is 1. The van der Waals surface area contributed by atoms with Crippen molar-refractivity contribution in [2.24, 2.45) is 11.8 Å². The maximum Gasteiger partial charge on any atom is 0.236 e. The van der Waals surface area contributed by atoms with Gasteiger partial charge in [0.15, 0.2) is 0 Å². The van der Waals surface area contributed by atoms with E-state index < -0.39 is 0 Å². The summed E-state index contributed by atoms with van der Waals surface area (Å²) < 4.78 is 0. The van der Waals surface area contributed by atoms with E-state index in [1.165, 1.54) is 51.4 Å². The lowest BCUT2D eigenvalue weighted by molar-refractivity contribution is -0.136. The van der Waals surface area contributed by atoms with Gasteiger partial charge in [-0.2, -0.15) is 0 Å². The second kappa shape index (κ2) is 9.16. The average Bonchev–Trinajstić information content (AvgIpc) is 2.63. The molecule has 0 aromatic rings. The van der Waals surface area contributed by atoms with E-state index in [0.29, 0.717) is 24.4 Å². The van der Waals surface area contributed by atoms with E-state index in [1.54, 1.807) is 0 Å². The molecule has 5 heteroatoms. The molecular formula is C19H35N3O2. The van der Waals surface area contributed by atoms with Gasteiger partial charge in [0.2, 0.25) is 5.91 Å². The third kappa shape index (κ3) is 4.70. The fourth-order valence-electron chi connectivity index (χ4n) is 4.97. The van der Waals surface area contributed by atoms with Crippen molar-refractivity contribution in [3.8, 4) is 0 Å². The predicted molar refractivity (Wildman–Crippen MR) is 95.8 cm³/mol. The van der Waals surface area contributed by atoms with E-state index in [0.717, 1.165) is 38.6 Å². The highest BCUT2D eigenvalue weighted by molar-refractivity contribution is 5.78. The molecule has 0 radical (unpaired) electrons. The molecule has 138 valence electrons. The topological polar surface area (TPSA) is 55.8 Å². The van der Waals surface area contributed by atoms with Gasteiger partial charge in [-0.3, -0.25) is 4.79 Å². The van der Waals surface area contributed by atoms with Gasteiger partial charge in [0.05, 0.1) is 13.2 Å². The molecule has 2 aliphatic heterocycles. The Hall–Kier alpha value is -0.650. The first-order chi connectivity index (χ1) is 11.8. The lowest BCUT2D eigenvalue weighted by Crippen LogP contribution is -2.52. The number of nitrogens with one attached hydrogen (secondary N) is 1. The molecule has 2 heterocycles. The molecule has 2 N–H and O–H groups in total. The molecule has 5 nitrogen and oxygen atoms in total. The number of carbonyl (C=O) groups is 1. The zero-order chi connectivity index (χ0) is 16.8. The van der Waals surface area contributed by atoms with Crippen LogP contribution in [0.4, 0.5) is 0 Å². The van der Waals surface area contributed by atoms with Gasteiger partial charge in [-0.25, -0.2) is 0 Å². The number of carbonyl (C=O) groups excluding carboxylic acids is 1. The lowest BCUT2D eigenvalue weighted by atomic mass is 9.78. The molecule has 0 bridgehead atoms. The van der Waals surface area contributed by atoms with Crippen molar-refractivity contribution in [3.63, 3.8) is 0 Å². The predicted octanol–water partition coefficient (Wildman–Crippen LogP) is 1.46. The quantitative estimate of drug-likeness (QED) is 0.770. The Morgan fingerprint density at radius 2 is 1.75 bits per heavy atom. The molecule has 3 aliphatic rings. The second-order valence-electron chi connectivity index (χ2n) is 7.98. The number of aliphatic hydroxyl groups is 1. The molecule has 3 fully saturated rings. The second-order valence-corrected chi connectivity index (χ2v) is 7.98. The molecule has 24 heavy (non-hydrogen) atoms. The molecule has 2 saturated heterocycles. The summed E-state index contributed by atoms with van der Waals surface area (Å²) in [7, 11) is 0. The van der Waals surface area contributed by atoms with Crippen LogP contribution in [0.15, 0.2) is 0 Å². The van der Waals surface area contributed by atoms with Crippen molar-refractivity contribution < 1.29 is 9.90 Å². The zero-order valence-corrected chi connectivity index (χ0v) is 15.1. The maximum absolute atomic E-state index is 12.7. The number of amides is 1. The van der Waals surface area contributed by atoms with Gasteiger partial charge in [-0.05, 0) is 70.0 Å². The first-order valence-corrected chi connectivity index (χ1v) is 10.1. The number of nitrogens with zero attached hydrogens (tertiary/aromatic N) is 2. The molecule has 0 spiro atoms. The van der Waals surface area contributed by atoms with Gasteiger partial charge in [-0.1, -0.05) is 12.8 Å². The standard InChI is InChI=1S/C19H35N3O2/c23-13-12-21-10-7-16(8-11-21)14-20-15-19(24)22-9-3-5-17-4-1-2-6-18(17)22/h16-18,20,23H,1-15H2/t17-,18+/m0/s1. The third-order valence-electron chi connectivity index (χ3n) is 6.40. The van der Waals surface area contributed by atoms with Crippen LogP contribution in [0.1, 0.15) is 51.4 Å². The van der Waals surface area contributed by atoms with E-state index in [-0.39, 0.29) is 6.61 Å². The highest BCUT2D eigenvalue weighted by atomic mass is 16.3. The summed E-state index contributed by atoms with van der Waals surface area (Å²) in [5.74, 6) is 1.77. The van der Waals surface area contributed by atoms with Crippen LogP contribution in [0.5, 0.6) is 0 Å². The monoisotopic (exact) mass is 337 g/mol. The smallest absolute Gasteiger partial charge is 0.236 e. The van der Waals surface area contributed by atoms with Crippen LogP contribution in [0, 0.1) is 11.8 Å². The van der Waals surface area contributed by atoms with Gasteiger partial charge < -0.3 is 20.2 Å². The van der Waals surface area contributed by atoms with Crippen LogP contribution in [0.2, 0.25) is 0 Å². The van der Waals surface area contributed by atoms with E-state index >= 15 is 0 Å². The van der Waals surface area contributed by atoms with Crippen LogP contribution < -0.4 is 5.32 Å². The Kier molecular flexibility index (Phi) is 6.93. The third-order valence-corrected chi connectivity index (χ3v) is 6.40. The number of hydrogen-bond donors (Lipinski definition) is 2. The van der Waals surface area contributed by atoms with Gasteiger partial charge in [0.1, 0.15) is 0 Å². The highest BCUT2D eigenvalue weighted by Crippen LogP contribution is 2.35. The molecule has 3 rings (SSSR count). The molecule has 0 aromatic heterocycles. The van der Waals surface area contributed by atoms with Crippen molar-refractivity contribution in [1.82, 2.24) is 15.1 Å². The van der Waals surface area contributed by atoms with Crippen molar-refractivity contribution in [1.29, 1.82) is 0 Å². The van der Waals surface area contributed by atoms with Crippen LogP contribution >= 0.6 is 0 Å². The Labute approximate surface area is 146 Å². The molecular weight excluding hydrogens is 302 g/mol. The summed E-state index contributed by atoms with van der Waals surface area (Å²) in [6.07, 6.45) is 10.1.